The number of nitrogens with zero attached hydrogens (tertiary/aromatic N) is 1. The predicted molar refractivity (Wildman–Crippen MR) is 59.8 cm³/mol. The van der Waals surface area contributed by atoms with Crippen molar-refractivity contribution in [1.82, 2.24) is 0 Å². The fourth-order valence-corrected chi connectivity index (χ4v) is 1.87. The zero-order chi connectivity index (χ0) is 11.3. The number of carbonyl (C=O) groups is 1. The standard InChI is InChI=1S/C12H12ClNO/c1-10(15)12(9-14,7-8-13)11-5-3-2-4-6-11/h2-6H,7-8H2,1H3/t12-/m0/s1. The Morgan fingerprint density at radius 3 is 2.47 bits per heavy atom. The number of halogens is 1. The Hall–Kier alpha value is -1.33. The van der Waals surface area contributed by atoms with E-state index in [4.69, 9.17) is 11.6 Å². The van der Waals surface area contributed by atoms with E-state index >= 15 is 0 Å². The summed E-state index contributed by atoms with van der Waals surface area (Å²) in [6.45, 7) is 1.43. The van der Waals surface area contributed by atoms with Gasteiger partial charge in [-0.05, 0) is 18.9 Å². The maximum Gasteiger partial charge on any atom is 0.154 e. The van der Waals surface area contributed by atoms with E-state index in [-0.39, 0.29) is 5.78 Å². The first kappa shape index (κ1) is 11.7. The van der Waals surface area contributed by atoms with Crippen LogP contribution in [-0.4, -0.2) is 11.7 Å². The van der Waals surface area contributed by atoms with E-state index in [9.17, 15) is 10.1 Å². The quantitative estimate of drug-likeness (QED) is 0.734. The SMILES string of the molecule is CC(=O)[C@@](C#N)(CCCl)c1ccccc1. The number of alkyl halides is 1. The molecule has 0 bridgehead atoms. The Balaban J connectivity index is 3.23. The van der Waals surface area contributed by atoms with Crippen molar-refractivity contribution >= 4 is 17.4 Å². The van der Waals surface area contributed by atoms with Gasteiger partial charge in [0, 0.05) is 5.88 Å². The Morgan fingerprint density at radius 1 is 1.47 bits per heavy atom. The topological polar surface area (TPSA) is 40.9 Å². The monoisotopic (exact) mass is 221 g/mol. The maximum absolute atomic E-state index is 11.6. The van der Waals surface area contributed by atoms with Crippen LogP contribution < -0.4 is 0 Å². The lowest BCUT2D eigenvalue weighted by Crippen LogP contribution is -2.33. The second-order valence-corrected chi connectivity index (χ2v) is 3.76. The molecule has 0 aromatic heterocycles. The summed E-state index contributed by atoms with van der Waals surface area (Å²) in [5.41, 5.74) is -0.358. The molecule has 0 heterocycles. The van der Waals surface area contributed by atoms with Gasteiger partial charge in [-0.2, -0.15) is 5.26 Å². The molecule has 78 valence electrons. The van der Waals surface area contributed by atoms with Gasteiger partial charge in [0.1, 0.15) is 5.41 Å². The van der Waals surface area contributed by atoms with Crippen LogP contribution in [0.5, 0.6) is 0 Å². The average molecular weight is 222 g/mol. The van der Waals surface area contributed by atoms with E-state index < -0.39 is 5.41 Å². The van der Waals surface area contributed by atoms with Crippen LogP contribution >= 0.6 is 11.6 Å². The molecule has 2 nitrogen and oxygen atoms in total. The second kappa shape index (κ2) is 4.95. The lowest BCUT2D eigenvalue weighted by Gasteiger charge is -2.22. The molecule has 0 saturated heterocycles. The highest BCUT2D eigenvalue weighted by Gasteiger charge is 2.36. The smallest absolute Gasteiger partial charge is 0.154 e. The minimum Gasteiger partial charge on any atom is -0.298 e. The summed E-state index contributed by atoms with van der Waals surface area (Å²) in [5.74, 6) is 0.138. The Bertz CT molecular complexity index is 382. The summed E-state index contributed by atoms with van der Waals surface area (Å²) in [6.07, 6.45) is 0.352. The summed E-state index contributed by atoms with van der Waals surface area (Å²) in [7, 11) is 0. The number of nitriles is 1. The molecule has 0 aliphatic carbocycles. The van der Waals surface area contributed by atoms with Gasteiger partial charge in [-0.15, -0.1) is 11.6 Å². The molecule has 0 N–H and O–H groups in total. The van der Waals surface area contributed by atoms with E-state index in [2.05, 4.69) is 6.07 Å². The summed E-state index contributed by atoms with van der Waals surface area (Å²) in [5, 5.41) is 9.20. The number of Topliss-reactive ketones (excluding diaryl/α,β-unsaturated/α-hetero) is 1. The van der Waals surface area contributed by atoms with Gasteiger partial charge in [0.25, 0.3) is 0 Å². The van der Waals surface area contributed by atoms with Crippen LogP contribution in [0.4, 0.5) is 0 Å². The van der Waals surface area contributed by atoms with Crippen molar-refractivity contribution in [2.24, 2.45) is 0 Å². The molecule has 1 rings (SSSR count). The molecule has 0 fully saturated rings. The molecule has 3 heteroatoms. The third kappa shape index (κ3) is 2.19. The van der Waals surface area contributed by atoms with Gasteiger partial charge in [0.2, 0.25) is 0 Å². The summed E-state index contributed by atoms with van der Waals surface area (Å²) in [4.78, 5) is 11.6. The summed E-state index contributed by atoms with van der Waals surface area (Å²) >= 11 is 5.66. The molecule has 0 amide bonds. The zero-order valence-corrected chi connectivity index (χ0v) is 9.29. The number of benzene rings is 1. The summed E-state index contributed by atoms with van der Waals surface area (Å²) < 4.78 is 0. The molecular weight excluding hydrogens is 210 g/mol. The minimum atomic E-state index is -1.08. The van der Waals surface area contributed by atoms with Crippen LogP contribution in [0.15, 0.2) is 30.3 Å². The van der Waals surface area contributed by atoms with Crippen molar-refractivity contribution in [2.45, 2.75) is 18.8 Å². The Labute approximate surface area is 94.5 Å². The van der Waals surface area contributed by atoms with Crippen molar-refractivity contribution < 1.29 is 4.79 Å². The van der Waals surface area contributed by atoms with Crippen LogP contribution in [0.1, 0.15) is 18.9 Å². The molecule has 0 aliphatic rings. The van der Waals surface area contributed by atoms with Crippen molar-refractivity contribution in [3.05, 3.63) is 35.9 Å². The highest BCUT2D eigenvalue weighted by Crippen LogP contribution is 2.28. The molecule has 0 radical (unpaired) electrons. The van der Waals surface area contributed by atoms with E-state index in [0.29, 0.717) is 12.3 Å². The molecule has 0 saturated carbocycles. The van der Waals surface area contributed by atoms with Gasteiger partial charge in [-0.1, -0.05) is 30.3 Å². The fourth-order valence-electron chi connectivity index (χ4n) is 1.59. The zero-order valence-electron chi connectivity index (χ0n) is 8.53. The van der Waals surface area contributed by atoms with Gasteiger partial charge in [0.15, 0.2) is 5.78 Å². The minimum absolute atomic E-state index is 0.156. The molecule has 1 aromatic carbocycles. The Kier molecular flexibility index (Phi) is 3.88. The van der Waals surface area contributed by atoms with Crippen LogP contribution in [0.25, 0.3) is 0 Å². The normalized spacial score (nSPS) is 13.9. The summed E-state index contributed by atoms with van der Waals surface area (Å²) in [6, 6.07) is 11.2. The average Bonchev–Trinajstić information content (AvgIpc) is 2.26. The van der Waals surface area contributed by atoms with Gasteiger partial charge < -0.3 is 0 Å². The van der Waals surface area contributed by atoms with Crippen LogP contribution in [0.2, 0.25) is 0 Å². The molecule has 1 atom stereocenters. The van der Waals surface area contributed by atoms with Gasteiger partial charge in [-0.3, -0.25) is 4.79 Å². The number of ketones is 1. The van der Waals surface area contributed by atoms with Gasteiger partial charge >= 0.3 is 0 Å². The molecular formula is C12H12ClNO. The number of carbonyl (C=O) groups excluding carboxylic acids is 1. The first-order valence-electron chi connectivity index (χ1n) is 4.71. The largest absolute Gasteiger partial charge is 0.298 e. The van der Waals surface area contributed by atoms with Crippen LogP contribution in [0, 0.1) is 11.3 Å². The van der Waals surface area contributed by atoms with Gasteiger partial charge in [0.05, 0.1) is 6.07 Å². The highest BCUT2D eigenvalue weighted by molar-refractivity contribution is 6.18. The van der Waals surface area contributed by atoms with E-state index in [0.717, 1.165) is 5.56 Å². The predicted octanol–water partition coefficient (Wildman–Crippen LogP) is 2.67. The van der Waals surface area contributed by atoms with Crippen molar-refractivity contribution in [3.8, 4) is 6.07 Å². The van der Waals surface area contributed by atoms with E-state index in [1.54, 1.807) is 12.1 Å². The molecule has 15 heavy (non-hydrogen) atoms. The molecule has 0 spiro atoms. The third-order valence-corrected chi connectivity index (χ3v) is 2.72. The third-order valence-electron chi connectivity index (χ3n) is 2.53. The molecule has 0 aliphatic heterocycles. The molecule has 1 aromatic rings. The molecule has 0 unspecified atom stereocenters. The van der Waals surface area contributed by atoms with Crippen LogP contribution in [-0.2, 0) is 10.2 Å². The Morgan fingerprint density at radius 2 is 2.07 bits per heavy atom. The van der Waals surface area contributed by atoms with Crippen molar-refractivity contribution in [3.63, 3.8) is 0 Å². The first-order valence-corrected chi connectivity index (χ1v) is 5.24. The lowest BCUT2D eigenvalue weighted by molar-refractivity contribution is -0.120. The fraction of sp³-hybridized carbons (Fsp3) is 0.333. The van der Waals surface area contributed by atoms with Gasteiger partial charge in [-0.25, -0.2) is 0 Å². The second-order valence-electron chi connectivity index (χ2n) is 3.38. The van der Waals surface area contributed by atoms with Crippen LogP contribution in [0.3, 0.4) is 0 Å². The maximum atomic E-state index is 11.6. The van der Waals surface area contributed by atoms with E-state index in [1.807, 2.05) is 18.2 Å². The number of rotatable bonds is 4. The highest BCUT2D eigenvalue weighted by atomic mass is 35.5. The van der Waals surface area contributed by atoms with Crippen molar-refractivity contribution in [2.75, 3.05) is 5.88 Å². The lowest BCUT2D eigenvalue weighted by atomic mass is 9.76. The number of hydrogen-bond acceptors (Lipinski definition) is 2. The van der Waals surface area contributed by atoms with E-state index in [1.165, 1.54) is 6.92 Å². The first-order chi connectivity index (χ1) is 7.17. The number of hydrogen-bond donors (Lipinski definition) is 0. The van der Waals surface area contributed by atoms with Crippen molar-refractivity contribution in [1.29, 1.82) is 5.26 Å².